The molecule has 1 aliphatic rings. The van der Waals surface area contributed by atoms with Gasteiger partial charge in [-0.3, -0.25) is 4.79 Å². The standard InChI is InChI=1S/C25H24N2O2S/c1-15-11-17(3)19(12-16(15)2)22(28)14-30-25-20(13-26)24(23-9-6-10-29-23)18-7-4-5-8-21(18)27-25/h6,9-12H,4-5,7-8,14H2,1-3H3. The Hall–Kier alpha value is -2.84. The fourth-order valence-electron chi connectivity index (χ4n) is 4.09. The molecule has 0 atom stereocenters. The number of Topliss-reactive ketones (excluding diaryl/α,β-unsaturated/α-hetero) is 1. The monoisotopic (exact) mass is 416 g/mol. The van der Waals surface area contributed by atoms with E-state index in [0.29, 0.717) is 16.3 Å². The van der Waals surface area contributed by atoms with Crippen LogP contribution in [0, 0.1) is 32.1 Å². The van der Waals surface area contributed by atoms with Crippen LogP contribution in [-0.4, -0.2) is 16.5 Å². The molecule has 0 radical (unpaired) electrons. The number of hydrogen-bond acceptors (Lipinski definition) is 5. The number of ketones is 1. The third kappa shape index (κ3) is 3.80. The molecule has 0 fully saturated rings. The van der Waals surface area contributed by atoms with Crippen molar-refractivity contribution in [1.29, 1.82) is 5.26 Å². The number of rotatable bonds is 5. The Bertz CT molecular complexity index is 1160. The van der Waals surface area contributed by atoms with Crippen LogP contribution in [0.4, 0.5) is 0 Å². The maximum Gasteiger partial charge on any atom is 0.173 e. The van der Waals surface area contributed by atoms with Gasteiger partial charge in [-0.25, -0.2) is 4.98 Å². The zero-order valence-corrected chi connectivity index (χ0v) is 18.4. The molecule has 0 saturated carbocycles. The largest absolute Gasteiger partial charge is 0.464 e. The lowest BCUT2D eigenvalue weighted by Crippen LogP contribution is -2.11. The molecule has 0 N–H and O–H groups in total. The maximum absolute atomic E-state index is 13.0. The molecule has 2 heterocycles. The summed E-state index contributed by atoms with van der Waals surface area (Å²) in [5.41, 5.74) is 7.54. The summed E-state index contributed by atoms with van der Waals surface area (Å²) in [6.45, 7) is 6.04. The summed E-state index contributed by atoms with van der Waals surface area (Å²) in [5, 5.41) is 10.6. The van der Waals surface area contributed by atoms with Crippen molar-refractivity contribution < 1.29 is 9.21 Å². The Morgan fingerprint density at radius 2 is 1.93 bits per heavy atom. The second-order valence-electron chi connectivity index (χ2n) is 7.85. The summed E-state index contributed by atoms with van der Waals surface area (Å²) in [6.07, 6.45) is 5.61. The molecule has 152 valence electrons. The van der Waals surface area contributed by atoms with Gasteiger partial charge in [0.2, 0.25) is 0 Å². The highest BCUT2D eigenvalue weighted by molar-refractivity contribution is 8.00. The molecule has 30 heavy (non-hydrogen) atoms. The average molecular weight is 417 g/mol. The van der Waals surface area contributed by atoms with Crippen molar-refractivity contribution in [3.63, 3.8) is 0 Å². The van der Waals surface area contributed by atoms with Crippen LogP contribution in [0.2, 0.25) is 0 Å². The minimum absolute atomic E-state index is 0.0589. The van der Waals surface area contributed by atoms with E-state index < -0.39 is 0 Å². The van der Waals surface area contributed by atoms with E-state index in [9.17, 15) is 10.1 Å². The van der Waals surface area contributed by atoms with E-state index in [1.54, 1.807) is 6.26 Å². The second-order valence-corrected chi connectivity index (χ2v) is 8.82. The van der Waals surface area contributed by atoms with Crippen LogP contribution >= 0.6 is 11.8 Å². The predicted molar refractivity (Wildman–Crippen MR) is 119 cm³/mol. The number of aromatic nitrogens is 1. The Labute approximate surface area is 181 Å². The number of aryl methyl sites for hydroxylation is 4. The molecule has 0 aliphatic heterocycles. The lowest BCUT2D eigenvalue weighted by Gasteiger charge is -2.20. The van der Waals surface area contributed by atoms with Gasteiger partial charge in [-0.15, -0.1) is 0 Å². The molecule has 4 rings (SSSR count). The van der Waals surface area contributed by atoms with Crippen molar-refractivity contribution >= 4 is 17.5 Å². The second kappa shape index (κ2) is 8.49. The summed E-state index contributed by atoms with van der Waals surface area (Å²) in [7, 11) is 0. The van der Waals surface area contributed by atoms with Gasteiger partial charge < -0.3 is 4.42 Å². The molecule has 2 aromatic heterocycles. The quantitative estimate of drug-likeness (QED) is 0.377. The van der Waals surface area contributed by atoms with Crippen LogP contribution in [-0.2, 0) is 12.8 Å². The first-order chi connectivity index (χ1) is 14.5. The van der Waals surface area contributed by atoms with Crippen molar-refractivity contribution in [3.8, 4) is 17.4 Å². The normalized spacial score (nSPS) is 13.0. The van der Waals surface area contributed by atoms with E-state index in [-0.39, 0.29) is 11.5 Å². The molecular weight excluding hydrogens is 392 g/mol. The number of carbonyl (C=O) groups is 1. The number of thioether (sulfide) groups is 1. The van der Waals surface area contributed by atoms with E-state index in [2.05, 4.69) is 19.1 Å². The molecule has 0 amide bonds. The molecular formula is C25H24N2O2S. The molecule has 0 bridgehead atoms. The Kier molecular flexibility index (Phi) is 5.78. The van der Waals surface area contributed by atoms with E-state index in [4.69, 9.17) is 9.40 Å². The van der Waals surface area contributed by atoms with E-state index >= 15 is 0 Å². The molecule has 0 spiro atoms. The Morgan fingerprint density at radius 1 is 1.17 bits per heavy atom. The van der Waals surface area contributed by atoms with Gasteiger partial charge >= 0.3 is 0 Å². The fourth-order valence-corrected chi connectivity index (χ4v) is 4.98. The summed E-state index contributed by atoms with van der Waals surface area (Å²) in [4.78, 5) is 17.8. The van der Waals surface area contributed by atoms with Crippen molar-refractivity contribution in [2.75, 3.05) is 5.75 Å². The number of pyridine rings is 1. The van der Waals surface area contributed by atoms with Crippen molar-refractivity contribution in [3.05, 3.63) is 69.6 Å². The highest BCUT2D eigenvalue weighted by Crippen LogP contribution is 2.38. The average Bonchev–Trinajstić information content (AvgIpc) is 3.27. The molecule has 3 aromatic rings. The van der Waals surface area contributed by atoms with E-state index in [1.165, 1.54) is 17.3 Å². The SMILES string of the molecule is Cc1cc(C)c(C(=O)CSc2nc3c(c(-c4ccco4)c2C#N)CCCC3)cc1C. The lowest BCUT2D eigenvalue weighted by atomic mass is 9.89. The maximum atomic E-state index is 13.0. The van der Waals surface area contributed by atoms with E-state index in [1.807, 2.05) is 32.0 Å². The minimum Gasteiger partial charge on any atom is -0.464 e. The zero-order valence-electron chi connectivity index (χ0n) is 17.5. The zero-order chi connectivity index (χ0) is 21.3. The van der Waals surface area contributed by atoms with E-state index in [0.717, 1.165) is 59.2 Å². The first-order valence-corrected chi connectivity index (χ1v) is 11.2. The number of furan rings is 1. The van der Waals surface area contributed by atoms with Crippen LogP contribution in [0.5, 0.6) is 0 Å². The Balaban J connectivity index is 1.70. The molecule has 1 aromatic carbocycles. The van der Waals surface area contributed by atoms with Gasteiger partial charge in [0.1, 0.15) is 16.9 Å². The van der Waals surface area contributed by atoms with Crippen LogP contribution in [0.1, 0.15) is 56.7 Å². The summed E-state index contributed by atoms with van der Waals surface area (Å²) >= 11 is 1.35. The number of fused-ring (bicyclic) bond motifs is 1. The topological polar surface area (TPSA) is 66.9 Å². The van der Waals surface area contributed by atoms with Gasteiger partial charge in [-0.2, -0.15) is 5.26 Å². The molecule has 1 aliphatic carbocycles. The number of benzene rings is 1. The van der Waals surface area contributed by atoms with Crippen molar-refractivity contribution in [1.82, 2.24) is 4.98 Å². The minimum atomic E-state index is 0.0589. The smallest absolute Gasteiger partial charge is 0.173 e. The summed E-state index contributed by atoms with van der Waals surface area (Å²) in [5.74, 6) is 1.01. The third-order valence-corrected chi connectivity index (χ3v) is 6.78. The number of carbonyl (C=O) groups excluding carboxylic acids is 1. The first kappa shape index (κ1) is 20.4. The number of nitriles is 1. The summed E-state index contributed by atoms with van der Waals surface area (Å²) in [6, 6.07) is 10.1. The molecule has 4 nitrogen and oxygen atoms in total. The summed E-state index contributed by atoms with van der Waals surface area (Å²) < 4.78 is 5.66. The predicted octanol–water partition coefficient (Wildman–Crippen LogP) is 5.99. The van der Waals surface area contributed by atoms with Gasteiger partial charge in [0.25, 0.3) is 0 Å². The van der Waals surface area contributed by atoms with Gasteiger partial charge in [0, 0.05) is 16.8 Å². The van der Waals surface area contributed by atoms with Crippen molar-refractivity contribution in [2.45, 2.75) is 51.5 Å². The number of hydrogen-bond donors (Lipinski definition) is 0. The van der Waals surface area contributed by atoms with Gasteiger partial charge in [0.05, 0.1) is 17.6 Å². The molecule has 0 unspecified atom stereocenters. The van der Waals surface area contributed by atoms with Gasteiger partial charge in [-0.1, -0.05) is 17.8 Å². The Morgan fingerprint density at radius 3 is 2.67 bits per heavy atom. The highest BCUT2D eigenvalue weighted by Gasteiger charge is 2.25. The van der Waals surface area contributed by atoms with Gasteiger partial charge in [-0.05, 0) is 86.9 Å². The van der Waals surface area contributed by atoms with Crippen LogP contribution < -0.4 is 0 Å². The van der Waals surface area contributed by atoms with Gasteiger partial charge in [0.15, 0.2) is 5.78 Å². The van der Waals surface area contributed by atoms with Crippen LogP contribution in [0.3, 0.4) is 0 Å². The third-order valence-electron chi connectivity index (χ3n) is 5.80. The van der Waals surface area contributed by atoms with Crippen LogP contribution in [0.25, 0.3) is 11.3 Å². The van der Waals surface area contributed by atoms with Crippen molar-refractivity contribution in [2.24, 2.45) is 0 Å². The number of nitrogens with zero attached hydrogens (tertiary/aromatic N) is 2. The highest BCUT2D eigenvalue weighted by atomic mass is 32.2. The fraction of sp³-hybridized carbons (Fsp3) is 0.320. The molecule has 5 heteroatoms. The molecule has 0 saturated heterocycles. The first-order valence-electron chi connectivity index (χ1n) is 10.2. The van der Waals surface area contributed by atoms with Crippen LogP contribution in [0.15, 0.2) is 40.0 Å². The lowest BCUT2D eigenvalue weighted by molar-refractivity contribution is 0.102.